The van der Waals surface area contributed by atoms with Gasteiger partial charge in [-0.15, -0.1) is 0 Å². The molecule has 0 spiro atoms. The molecule has 2 aromatic rings. The van der Waals surface area contributed by atoms with Crippen molar-refractivity contribution in [3.05, 3.63) is 42.5 Å². The van der Waals surface area contributed by atoms with Crippen molar-refractivity contribution in [2.24, 2.45) is 0 Å². The number of carbonyl (C=O) groups excluding carboxylic acids is 1. The van der Waals surface area contributed by atoms with Crippen molar-refractivity contribution < 1.29 is 32.2 Å². The van der Waals surface area contributed by atoms with E-state index in [1.807, 2.05) is 0 Å². The smallest absolute Gasteiger partial charge is 0.262 e. The molecule has 2 aromatic carbocycles. The number of rotatable bonds is 8. The van der Waals surface area contributed by atoms with Crippen LogP contribution in [0.5, 0.6) is 11.5 Å². The maximum absolute atomic E-state index is 13.2. The normalized spacial score (nSPS) is 17.3. The van der Waals surface area contributed by atoms with Gasteiger partial charge in [0.15, 0.2) is 18.1 Å². The highest BCUT2D eigenvalue weighted by Crippen LogP contribution is 2.31. The largest absolute Gasteiger partial charge is 0.493 e. The number of ether oxygens (including phenoxy) is 4. The van der Waals surface area contributed by atoms with E-state index >= 15 is 0 Å². The fourth-order valence-electron chi connectivity index (χ4n) is 3.86. The van der Waals surface area contributed by atoms with Crippen molar-refractivity contribution in [2.75, 3.05) is 76.5 Å². The standard InChI is InChI=1S/C23H29N3O7S/c1-30-21-4-2-3-5-22(21)33-17-23(27)24-19-16-18(34(28,29)26-10-14-32-15-11-26)6-7-20(19)25-8-12-31-13-9-25/h2-7,16H,8-15,17H2,1H3,(H,24,27). The van der Waals surface area contributed by atoms with Crippen LogP contribution < -0.4 is 19.7 Å². The van der Waals surface area contributed by atoms with Gasteiger partial charge >= 0.3 is 0 Å². The van der Waals surface area contributed by atoms with E-state index in [1.165, 1.54) is 17.5 Å². The van der Waals surface area contributed by atoms with Crippen molar-refractivity contribution in [3.63, 3.8) is 0 Å². The molecule has 0 saturated carbocycles. The lowest BCUT2D eigenvalue weighted by molar-refractivity contribution is -0.118. The summed E-state index contributed by atoms with van der Waals surface area (Å²) in [5.41, 5.74) is 1.14. The van der Waals surface area contributed by atoms with Crippen LogP contribution >= 0.6 is 0 Å². The summed E-state index contributed by atoms with van der Waals surface area (Å²) in [6.07, 6.45) is 0. The second-order valence-electron chi connectivity index (χ2n) is 7.78. The first-order chi connectivity index (χ1) is 16.5. The molecule has 11 heteroatoms. The van der Waals surface area contributed by atoms with Crippen LogP contribution in [0.1, 0.15) is 0 Å². The topological polar surface area (TPSA) is 107 Å². The minimum absolute atomic E-state index is 0.118. The van der Waals surface area contributed by atoms with Gasteiger partial charge in [-0.3, -0.25) is 4.79 Å². The first-order valence-electron chi connectivity index (χ1n) is 11.1. The van der Waals surface area contributed by atoms with Gasteiger partial charge in [-0.1, -0.05) is 12.1 Å². The number of methoxy groups -OCH3 is 1. The fourth-order valence-corrected chi connectivity index (χ4v) is 5.29. The number of hydrogen-bond acceptors (Lipinski definition) is 8. The summed E-state index contributed by atoms with van der Waals surface area (Å²) < 4.78 is 49.4. The Morgan fingerprint density at radius 1 is 0.971 bits per heavy atom. The van der Waals surface area contributed by atoms with Crippen LogP contribution in [0.4, 0.5) is 11.4 Å². The zero-order chi connectivity index (χ0) is 24.0. The molecule has 0 bridgehead atoms. The molecule has 1 amide bonds. The van der Waals surface area contributed by atoms with Crippen LogP contribution in [0.2, 0.25) is 0 Å². The van der Waals surface area contributed by atoms with Gasteiger partial charge in [-0.2, -0.15) is 4.31 Å². The average Bonchev–Trinajstić information content (AvgIpc) is 2.88. The molecular weight excluding hydrogens is 462 g/mol. The number of sulfonamides is 1. The Balaban J connectivity index is 1.56. The van der Waals surface area contributed by atoms with Gasteiger partial charge in [0.2, 0.25) is 10.0 Å². The molecule has 0 atom stereocenters. The molecule has 2 heterocycles. The van der Waals surface area contributed by atoms with E-state index in [1.54, 1.807) is 36.4 Å². The number of benzene rings is 2. The Labute approximate surface area is 199 Å². The predicted octanol–water partition coefficient (Wildman–Crippen LogP) is 1.57. The Morgan fingerprint density at radius 3 is 2.29 bits per heavy atom. The number of anilines is 2. The summed E-state index contributed by atoms with van der Waals surface area (Å²) in [4.78, 5) is 15.0. The number of nitrogens with zero attached hydrogens (tertiary/aromatic N) is 2. The molecule has 4 rings (SSSR count). The lowest BCUT2D eigenvalue weighted by Crippen LogP contribution is -2.40. The summed E-state index contributed by atoms with van der Waals surface area (Å²) in [5.74, 6) is 0.543. The number of morpholine rings is 2. The monoisotopic (exact) mass is 491 g/mol. The van der Waals surface area contributed by atoms with Crippen molar-refractivity contribution in [3.8, 4) is 11.5 Å². The van der Waals surface area contributed by atoms with Gasteiger partial charge in [0.05, 0.1) is 49.8 Å². The maximum atomic E-state index is 13.2. The summed E-state index contributed by atoms with van der Waals surface area (Å²) in [7, 11) is -2.20. The molecule has 34 heavy (non-hydrogen) atoms. The second-order valence-corrected chi connectivity index (χ2v) is 9.72. The van der Waals surface area contributed by atoms with E-state index in [2.05, 4.69) is 10.2 Å². The fraction of sp³-hybridized carbons (Fsp3) is 0.435. The van der Waals surface area contributed by atoms with Gasteiger partial charge in [0.25, 0.3) is 5.91 Å². The third kappa shape index (κ3) is 5.61. The Kier molecular flexibility index (Phi) is 7.88. The Bertz CT molecular complexity index is 1100. The predicted molar refractivity (Wildman–Crippen MR) is 126 cm³/mol. The van der Waals surface area contributed by atoms with Crippen LogP contribution in [0.15, 0.2) is 47.4 Å². The van der Waals surface area contributed by atoms with E-state index in [4.69, 9.17) is 18.9 Å². The Hall–Kier alpha value is -2.86. The molecule has 2 saturated heterocycles. The van der Waals surface area contributed by atoms with Crippen molar-refractivity contribution in [1.29, 1.82) is 0 Å². The van der Waals surface area contributed by atoms with Crippen LogP contribution in [0.25, 0.3) is 0 Å². The molecule has 2 fully saturated rings. The lowest BCUT2D eigenvalue weighted by Gasteiger charge is -2.31. The summed E-state index contributed by atoms with van der Waals surface area (Å²) >= 11 is 0. The Morgan fingerprint density at radius 2 is 1.62 bits per heavy atom. The SMILES string of the molecule is COc1ccccc1OCC(=O)Nc1cc(S(=O)(=O)N2CCOCC2)ccc1N1CCOCC1. The molecule has 2 aliphatic rings. The zero-order valence-corrected chi connectivity index (χ0v) is 19.9. The van der Waals surface area contributed by atoms with Crippen LogP contribution in [0, 0.1) is 0 Å². The van der Waals surface area contributed by atoms with Crippen LogP contribution in [-0.2, 0) is 24.3 Å². The summed E-state index contributed by atoms with van der Waals surface area (Å²) in [6, 6.07) is 11.9. The molecule has 10 nitrogen and oxygen atoms in total. The number of para-hydroxylation sites is 2. The zero-order valence-electron chi connectivity index (χ0n) is 19.1. The van der Waals surface area contributed by atoms with E-state index in [0.29, 0.717) is 69.8 Å². The van der Waals surface area contributed by atoms with E-state index in [9.17, 15) is 13.2 Å². The number of carbonyl (C=O) groups is 1. The highest BCUT2D eigenvalue weighted by atomic mass is 32.2. The molecule has 2 aliphatic heterocycles. The minimum Gasteiger partial charge on any atom is -0.493 e. The third-order valence-electron chi connectivity index (χ3n) is 5.63. The van der Waals surface area contributed by atoms with Gasteiger partial charge < -0.3 is 29.2 Å². The summed E-state index contributed by atoms with van der Waals surface area (Å²) in [6.45, 7) is 3.42. The molecule has 0 aromatic heterocycles. The quantitative estimate of drug-likeness (QED) is 0.593. The number of amides is 1. The highest BCUT2D eigenvalue weighted by molar-refractivity contribution is 7.89. The first-order valence-corrected chi connectivity index (χ1v) is 12.5. The minimum atomic E-state index is -3.72. The summed E-state index contributed by atoms with van der Waals surface area (Å²) in [5, 5.41) is 2.84. The van der Waals surface area contributed by atoms with Crippen molar-refractivity contribution >= 4 is 27.3 Å². The molecule has 184 valence electrons. The van der Waals surface area contributed by atoms with Gasteiger partial charge in [-0.25, -0.2) is 8.42 Å². The molecule has 0 radical (unpaired) electrons. The van der Waals surface area contributed by atoms with Crippen LogP contribution in [-0.4, -0.2) is 85.0 Å². The number of nitrogens with one attached hydrogen (secondary N) is 1. The van der Waals surface area contributed by atoms with Crippen molar-refractivity contribution in [1.82, 2.24) is 4.31 Å². The van der Waals surface area contributed by atoms with Gasteiger partial charge in [-0.05, 0) is 30.3 Å². The third-order valence-corrected chi connectivity index (χ3v) is 7.52. The van der Waals surface area contributed by atoms with E-state index in [-0.39, 0.29) is 11.5 Å². The average molecular weight is 492 g/mol. The molecular formula is C23H29N3O7S. The van der Waals surface area contributed by atoms with Crippen molar-refractivity contribution in [2.45, 2.75) is 4.90 Å². The van der Waals surface area contributed by atoms with Gasteiger partial charge in [0, 0.05) is 26.2 Å². The molecule has 1 N–H and O–H groups in total. The second kappa shape index (κ2) is 11.0. The highest BCUT2D eigenvalue weighted by Gasteiger charge is 2.28. The maximum Gasteiger partial charge on any atom is 0.262 e. The first kappa shape index (κ1) is 24.3. The number of hydrogen-bond donors (Lipinski definition) is 1. The van der Waals surface area contributed by atoms with E-state index < -0.39 is 15.9 Å². The van der Waals surface area contributed by atoms with Crippen LogP contribution in [0.3, 0.4) is 0 Å². The van der Waals surface area contributed by atoms with Gasteiger partial charge in [0.1, 0.15) is 0 Å². The lowest BCUT2D eigenvalue weighted by atomic mass is 10.2. The molecule has 0 unspecified atom stereocenters. The molecule has 0 aliphatic carbocycles. The van der Waals surface area contributed by atoms with E-state index in [0.717, 1.165) is 5.69 Å².